The molecule has 33 heavy (non-hydrogen) atoms. The molecule has 6 rings (SSSR count). The van der Waals surface area contributed by atoms with Gasteiger partial charge in [0.2, 0.25) is 0 Å². The first-order valence-corrected chi connectivity index (χ1v) is 14.9. The first-order valence-electron chi connectivity index (χ1n) is 10.7. The summed E-state index contributed by atoms with van der Waals surface area (Å²) in [6.45, 7) is 5.16. The fourth-order valence-corrected chi connectivity index (χ4v) is 3.20. The van der Waals surface area contributed by atoms with Gasteiger partial charge in [-0.25, -0.2) is 12.2 Å². The van der Waals surface area contributed by atoms with Gasteiger partial charge in [0.1, 0.15) is 0 Å². The van der Waals surface area contributed by atoms with Gasteiger partial charge >= 0.3 is 30.2 Å². The second-order valence-corrected chi connectivity index (χ2v) is 7.03. The molecule has 0 saturated heterocycles. The molecular weight excluding hydrogens is 492 g/mol. The van der Waals surface area contributed by atoms with Crippen molar-refractivity contribution in [3.05, 3.63) is 156 Å². The van der Waals surface area contributed by atoms with Crippen molar-refractivity contribution in [1.29, 1.82) is 0 Å². The van der Waals surface area contributed by atoms with Gasteiger partial charge in [-0.1, -0.05) is 42.3 Å². The Hall–Kier alpha value is -2.54. The summed E-state index contributed by atoms with van der Waals surface area (Å²) in [5.74, 6) is 0. The van der Waals surface area contributed by atoms with Crippen molar-refractivity contribution in [2.24, 2.45) is 0 Å². The number of benzene rings is 4. The molecule has 2 aliphatic rings. The molecule has 0 heterocycles. The average molecular weight is 518 g/mol. The summed E-state index contributed by atoms with van der Waals surface area (Å²) >= 11 is 1.36. The van der Waals surface area contributed by atoms with Crippen molar-refractivity contribution in [2.45, 2.75) is 19.8 Å². The Morgan fingerprint density at radius 2 is 1.36 bits per heavy atom. The van der Waals surface area contributed by atoms with E-state index in [1.807, 2.05) is 72.8 Å². The van der Waals surface area contributed by atoms with Crippen LogP contribution in [-0.2, 0) is 29.8 Å². The van der Waals surface area contributed by atoms with E-state index in [0.29, 0.717) is 0 Å². The van der Waals surface area contributed by atoms with Crippen molar-refractivity contribution in [1.82, 2.24) is 0 Å². The molecule has 0 saturated carbocycles. The van der Waals surface area contributed by atoms with Crippen LogP contribution in [0.3, 0.4) is 0 Å². The Balaban J connectivity index is 0.000000170. The van der Waals surface area contributed by atoms with Gasteiger partial charge < -0.3 is 0 Å². The van der Waals surface area contributed by atoms with Crippen LogP contribution in [0.2, 0.25) is 0 Å². The van der Waals surface area contributed by atoms with Crippen LogP contribution in [0.1, 0.15) is 23.1 Å². The molecule has 2 radical (unpaired) electrons. The third-order valence-electron chi connectivity index (χ3n) is 4.65. The van der Waals surface area contributed by atoms with Crippen LogP contribution in [0.5, 0.6) is 0 Å². The summed E-state index contributed by atoms with van der Waals surface area (Å²) in [7, 11) is 0. The Kier molecular flexibility index (Phi) is 13.8. The normalized spacial score (nSPS) is 10.9. The Morgan fingerprint density at radius 1 is 0.727 bits per heavy atom. The molecule has 0 amide bonds. The van der Waals surface area contributed by atoms with Gasteiger partial charge in [0.05, 0.1) is 0 Å². The number of hydrogen-bond donors (Lipinski definition) is 0. The van der Waals surface area contributed by atoms with Gasteiger partial charge in [-0.3, -0.25) is 6.08 Å². The average Bonchev–Trinajstić information content (AvgIpc) is 3.60. The number of allylic oxidation sites excluding steroid dienone is 4. The zero-order valence-corrected chi connectivity index (χ0v) is 22.3. The smallest absolute Gasteiger partial charge is 0.171 e. The first-order chi connectivity index (χ1) is 16.3. The Morgan fingerprint density at radius 3 is 1.82 bits per heavy atom. The monoisotopic (exact) mass is 516 g/mol. The van der Waals surface area contributed by atoms with E-state index in [9.17, 15) is 0 Å². The van der Waals surface area contributed by atoms with Gasteiger partial charge in [-0.05, 0) is 6.42 Å². The summed E-state index contributed by atoms with van der Waals surface area (Å²) in [6, 6.07) is 41.4. The Bertz CT molecular complexity index is 1010. The molecule has 4 aromatic rings. The second kappa shape index (κ2) is 17.0. The van der Waals surface area contributed by atoms with Gasteiger partial charge in [0.15, 0.2) is 0 Å². The number of rotatable bonds is 0. The summed E-state index contributed by atoms with van der Waals surface area (Å²) < 4.78 is 0. The van der Waals surface area contributed by atoms with Crippen molar-refractivity contribution >= 4 is 6.88 Å². The van der Waals surface area contributed by atoms with Crippen molar-refractivity contribution in [3.8, 4) is 11.1 Å². The van der Waals surface area contributed by atoms with Crippen molar-refractivity contribution < 1.29 is 23.3 Å². The fourth-order valence-electron chi connectivity index (χ4n) is 3.20. The van der Waals surface area contributed by atoms with E-state index in [1.54, 1.807) is 0 Å². The molecule has 0 aromatic heterocycles. The summed E-state index contributed by atoms with van der Waals surface area (Å²) in [6.07, 6.45) is 11.0. The number of fused-ring (bicyclic) bond motifs is 3. The van der Waals surface area contributed by atoms with E-state index in [2.05, 4.69) is 80.6 Å². The number of hydrogen-bond acceptors (Lipinski definition) is 0. The summed E-state index contributed by atoms with van der Waals surface area (Å²) in [5, 5.41) is 0. The van der Waals surface area contributed by atoms with Gasteiger partial charge in [-0.15, -0.1) is 17.5 Å². The molecule has 4 aromatic carbocycles. The zero-order chi connectivity index (χ0) is 23.6. The topological polar surface area (TPSA) is 0 Å². The molecule has 0 unspecified atom stereocenters. The molecule has 0 atom stereocenters. The van der Waals surface area contributed by atoms with E-state index in [4.69, 9.17) is 0 Å². The maximum Gasteiger partial charge on any atom is -0.171 e. The van der Waals surface area contributed by atoms with Crippen LogP contribution < -0.4 is 0 Å². The maximum absolute atomic E-state index is 3.43. The third-order valence-corrected chi connectivity index (χ3v) is 4.65. The SMILES string of the molecule is Cc1[c-]c2c(cc1)-c1ccccc1C2.[C-]1=CC=CC1.[Si]=[Zr].[c-]1ccccc1.[c-]1ccccc1. The van der Waals surface area contributed by atoms with Crippen LogP contribution in [0.25, 0.3) is 11.1 Å². The molecule has 0 nitrogen and oxygen atoms in total. The molecule has 2 aliphatic carbocycles. The molecule has 0 bridgehead atoms. The first kappa shape index (κ1) is 26.7. The van der Waals surface area contributed by atoms with Crippen LogP contribution in [-0.4, -0.2) is 6.88 Å². The van der Waals surface area contributed by atoms with Gasteiger partial charge in [0.25, 0.3) is 0 Å². The molecule has 0 aliphatic heterocycles. The van der Waals surface area contributed by atoms with Crippen molar-refractivity contribution in [3.63, 3.8) is 0 Å². The minimum Gasteiger partial charge on any atom is -0.184 e. The van der Waals surface area contributed by atoms with E-state index >= 15 is 0 Å². The minimum atomic E-state index is 1.01. The van der Waals surface area contributed by atoms with E-state index in [0.717, 1.165) is 12.8 Å². The van der Waals surface area contributed by atoms with E-state index in [-0.39, 0.29) is 0 Å². The third kappa shape index (κ3) is 10.3. The van der Waals surface area contributed by atoms with Crippen LogP contribution >= 0.6 is 0 Å². The summed E-state index contributed by atoms with van der Waals surface area (Å²) in [5.41, 5.74) is 6.78. The predicted octanol–water partition coefficient (Wildman–Crippen LogP) is 7.26. The second-order valence-electron chi connectivity index (χ2n) is 7.03. The minimum absolute atomic E-state index is 1.01. The molecule has 162 valence electrons. The van der Waals surface area contributed by atoms with E-state index < -0.39 is 0 Å². The fraction of sp³-hybridized carbons (Fsp3) is 0.0968. The maximum atomic E-state index is 3.43. The number of aryl methyl sites for hydroxylation is 1. The zero-order valence-electron chi connectivity index (χ0n) is 18.9. The van der Waals surface area contributed by atoms with Crippen LogP contribution in [0.15, 0.2) is 115 Å². The van der Waals surface area contributed by atoms with Crippen LogP contribution in [0, 0.1) is 31.2 Å². The van der Waals surface area contributed by atoms with Crippen molar-refractivity contribution in [2.75, 3.05) is 0 Å². The summed E-state index contributed by atoms with van der Waals surface area (Å²) in [4.78, 5) is 0. The van der Waals surface area contributed by atoms with E-state index in [1.165, 1.54) is 51.2 Å². The Labute approximate surface area is 216 Å². The standard InChI is InChI=1S/C14H11.2C6H5.C5H5.Si.Zr/c1-10-6-7-14-12(8-10)9-11-4-2-3-5-13(11)14;2*1-2-4-6-5-3-1;1-2-4-5-3-1;;/h2-7H,9H2,1H3;2*1-5H;1-3H,4H2;;/q4*-1;;. The molecule has 0 fully saturated rings. The molecule has 0 N–H and O–H groups in total. The van der Waals surface area contributed by atoms with Crippen LogP contribution in [0.4, 0.5) is 0 Å². The quantitative estimate of drug-likeness (QED) is 0.150. The van der Waals surface area contributed by atoms with Gasteiger partial charge in [-0.2, -0.15) is 103 Å². The van der Waals surface area contributed by atoms with Gasteiger partial charge in [0, 0.05) is 0 Å². The molecular formula is C31H26SiZr-4. The molecule has 0 spiro atoms. The molecule has 2 heteroatoms. The largest absolute Gasteiger partial charge is 0.184 e. The predicted molar refractivity (Wildman–Crippen MR) is 136 cm³/mol.